The van der Waals surface area contributed by atoms with Gasteiger partial charge in [-0.05, 0) is 23.8 Å². The summed E-state index contributed by atoms with van der Waals surface area (Å²) in [6.07, 6.45) is 0.655. The summed E-state index contributed by atoms with van der Waals surface area (Å²) >= 11 is 0. The molecule has 21 heavy (non-hydrogen) atoms. The van der Waals surface area contributed by atoms with Crippen LogP contribution in [0, 0.1) is 0 Å². The monoisotopic (exact) mass is 284 g/mol. The van der Waals surface area contributed by atoms with Gasteiger partial charge in [-0.2, -0.15) is 0 Å². The quantitative estimate of drug-likeness (QED) is 0.792. The van der Waals surface area contributed by atoms with Crippen LogP contribution in [0.25, 0.3) is 0 Å². The summed E-state index contributed by atoms with van der Waals surface area (Å²) in [6, 6.07) is 15.1. The fourth-order valence-corrected chi connectivity index (χ4v) is 2.17. The Labute approximate surface area is 123 Å². The minimum absolute atomic E-state index is 0.136. The maximum absolute atomic E-state index is 10.7. The first-order chi connectivity index (χ1) is 10.3. The second-order valence-electron chi connectivity index (χ2n) is 4.88. The van der Waals surface area contributed by atoms with Crippen LogP contribution in [0.4, 0.5) is 0 Å². The fraction of sp³-hybridized carbons (Fsp3) is 0.235. The molecule has 0 radical (unpaired) electrons. The number of carbonyl (C=O) groups excluding carboxylic acids is 1. The van der Waals surface area contributed by atoms with Crippen molar-refractivity contribution in [3.63, 3.8) is 0 Å². The van der Waals surface area contributed by atoms with Crippen LogP contribution in [0.2, 0.25) is 0 Å². The van der Waals surface area contributed by atoms with Gasteiger partial charge < -0.3 is 14.2 Å². The molecule has 0 aromatic heterocycles. The highest BCUT2D eigenvalue weighted by Gasteiger charge is 2.21. The molecular formula is C17H16O4. The zero-order chi connectivity index (χ0) is 14.5. The number of benzene rings is 2. The first kappa shape index (κ1) is 13.6. The summed E-state index contributed by atoms with van der Waals surface area (Å²) in [5, 5.41) is 0. The maximum atomic E-state index is 10.7. The average molecular weight is 284 g/mol. The van der Waals surface area contributed by atoms with Crippen LogP contribution in [-0.4, -0.2) is 25.6 Å². The van der Waals surface area contributed by atoms with E-state index in [0.29, 0.717) is 36.9 Å². The third-order valence-electron chi connectivity index (χ3n) is 3.24. The number of ether oxygens (including phenoxy) is 3. The lowest BCUT2D eigenvalue weighted by molar-refractivity contribution is 0.00269. The first-order valence-corrected chi connectivity index (χ1v) is 6.85. The fourth-order valence-electron chi connectivity index (χ4n) is 2.17. The molecular weight excluding hydrogens is 268 g/mol. The van der Waals surface area contributed by atoms with E-state index in [1.807, 2.05) is 30.3 Å². The molecule has 1 atom stereocenters. The molecule has 0 N–H and O–H groups in total. The number of hydrogen-bond donors (Lipinski definition) is 0. The molecule has 2 aromatic carbocycles. The van der Waals surface area contributed by atoms with Gasteiger partial charge in [0.1, 0.15) is 12.9 Å². The lowest BCUT2D eigenvalue weighted by Gasteiger charge is -2.26. The van der Waals surface area contributed by atoms with Crippen molar-refractivity contribution in [3.05, 3.63) is 59.7 Å². The van der Waals surface area contributed by atoms with Crippen molar-refractivity contribution in [3.8, 4) is 11.5 Å². The largest absolute Gasteiger partial charge is 0.486 e. The van der Waals surface area contributed by atoms with Crippen LogP contribution < -0.4 is 9.47 Å². The molecule has 2 aromatic rings. The van der Waals surface area contributed by atoms with E-state index in [1.54, 1.807) is 18.2 Å². The van der Waals surface area contributed by atoms with Gasteiger partial charge in [-0.3, -0.25) is 4.79 Å². The van der Waals surface area contributed by atoms with E-state index < -0.39 is 0 Å². The van der Waals surface area contributed by atoms with Gasteiger partial charge in [0.05, 0.1) is 13.2 Å². The lowest BCUT2D eigenvalue weighted by atomic mass is 10.2. The van der Waals surface area contributed by atoms with E-state index in [2.05, 4.69) is 0 Å². The van der Waals surface area contributed by atoms with Crippen LogP contribution >= 0.6 is 0 Å². The molecule has 0 aliphatic carbocycles. The molecule has 108 valence electrons. The minimum atomic E-state index is -0.136. The molecule has 1 aliphatic heterocycles. The van der Waals surface area contributed by atoms with Gasteiger partial charge in [0.2, 0.25) is 0 Å². The molecule has 0 spiro atoms. The minimum Gasteiger partial charge on any atom is -0.486 e. The molecule has 0 fully saturated rings. The summed E-state index contributed by atoms with van der Waals surface area (Å²) in [6.45, 7) is 1.44. The van der Waals surface area contributed by atoms with E-state index in [1.165, 1.54) is 0 Å². The van der Waals surface area contributed by atoms with Gasteiger partial charge in [-0.15, -0.1) is 0 Å². The van der Waals surface area contributed by atoms with Gasteiger partial charge >= 0.3 is 0 Å². The molecule has 4 heteroatoms. The van der Waals surface area contributed by atoms with Crippen LogP contribution in [0.3, 0.4) is 0 Å². The predicted molar refractivity (Wildman–Crippen MR) is 77.8 cm³/mol. The number of carbonyl (C=O) groups is 1. The topological polar surface area (TPSA) is 44.8 Å². The molecule has 0 amide bonds. The van der Waals surface area contributed by atoms with Crippen molar-refractivity contribution in [1.29, 1.82) is 0 Å². The van der Waals surface area contributed by atoms with Crippen molar-refractivity contribution in [2.24, 2.45) is 0 Å². The maximum Gasteiger partial charge on any atom is 0.162 e. The Balaban J connectivity index is 1.53. The van der Waals surface area contributed by atoms with E-state index >= 15 is 0 Å². The molecule has 0 saturated carbocycles. The van der Waals surface area contributed by atoms with Crippen molar-refractivity contribution in [2.45, 2.75) is 12.7 Å². The molecule has 4 nitrogen and oxygen atoms in total. The summed E-state index contributed by atoms with van der Waals surface area (Å²) in [4.78, 5) is 10.7. The molecule has 3 rings (SSSR count). The Kier molecular flexibility index (Phi) is 4.17. The molecule has 1 heterocycles. The highest BCUT2D eigenvalue weighted by atomic mass is 16.6. The summed E-state index contributed by atoms with van der Waals surface area (Å²) < 4.78 is 17.1. The highest BCUT2D eigenvalue weighted by molar-refractivity contribution is 5.76. The first-order valence-electron chi connectivity index (χ1n) is 6.85. The molecule has 0 saturated heterocycles. The standard InChI is InChI=1S/C17H16O4/c18-9-14-6-7-16-17(8-14)20-12-15(21-16)11-19-10-13-4-2-1-3-5-13/h1-9,15H,10-12H2/t15-/m1/s1. The van der Waals surface area contributed by atoms with Gasteiger partial charge in [0.15, 0.2) is 17.6 Å². The molecule has 1 aliphatic rings. The van der Waals surface area contributed by atoms with Crippen molar-refractivity contribution in [1.82, 2.24) is 0 Å². The van der Waals surface area contributed by atoms with Crippen molar-refractivity contribution in [2.75, 3.05) is 13.2 Å². The van der Waals surface area contributed by atoms with E-state index in [9.17, 15) is 4.79 Å². The number of rotatable bonds is 5. The number of hydrogen-bond acceptors (Lipinski definition) is 4. The van der Waals surface area contributed by atoms with Gasteiger partial charge in [-0.1, -0.05) is 30.3 Å². The lowest BCUT2D eigenvalue weighted by Crippen LogP contribution is -2.33. The Bertz CT molecular complexity index is 609. The Morgan fingerprint density at radius 1 is 1.14 bits per heavy atom. The second-order valence-corrected chi connectivity index (χ2v) is 4.88. The SMILES string of the molecule is O=Cc1ccc2c(c1)OC[C@@H](COCc1ccccc1)O2. The van der Waals surface area contributed by atoms with Crippen LogP contribution in [-0.2, 0) is 11.3 Å². The van der Waals surface area contributed by atoms with Gasteiger partial charge in [-0.25, -0.2) is 0 Å². The Hall–Kier alpha value is -2.33. The summed E-state index contributed by atoms with van der Waals surface area (Å²) in [5.74, 6) is 1.26. The highest BCUT2D eigenvalue weighted by Crippen LogP contribution is 2.32. The average Bonchev–Trinajstić information content (AvgIpc) is 2.55. The van der Waals surface area contributed by atoms with Gasteiger partial charge in [0.25, 0.3) is 0 Å². The summed E-state index contributed by atoms with van der Waals surface area (Å²) in [5.41, 5.74) is 1.71. The molecule has 0 bridgehead atoms. The zero-order valence-corrected chi connectivity index (χ0v) is 11.5. The number of aldehydes is 1. The second kappa shape index (κ2) is 6.41. The van der Waals surface area contributed by atoms with Crippen LogP contribution in [0.1, 0.15) is 15.9 Å². The van der Waals surface area contributed by atoms with Gasteiger partial charge in [0, 0.05) is 5.56 Å². The Morgan fingerprint density at radius 2 is 2.00 bits per heavy atom. The third-order valence-corrected chi connectivity index (χ3v) is 3.24. The zero-order valence-electron chi connectivity index (χ0n) is 11.5. The summed E-state index contributed by atoms with van der Waals surface area (Å²) in [7, 11) is 0. The molecule has 0 unspecified atom stereocenters. The van der Waals surface area contributed by atoms with Crippen molar-refractivity contribution >= 4 is 6.29 Å². The van der Waals surface area contributed by atoms with Crippen LogP contribution in [0.15, 0.2) is 48.5 Å². The number of fused-ring (bicyclic) bond motifs is 1. The predicted octanol–water partition coefficient (Wildman–Crippen LogP) is 2.86. The normalized spacial score (nSPS) is 16.5. The van der Waals surface area contributed by atoms with E-state index in [0.717, 1.165) is 11.8 Å². The van der Waals surface area contributed by atoms with E-state index in [4.69, 9.17) is 14.2 Å². The van der Waals surface area contributed by atoms with Crippen LogP contribution in [0.5, 0.6) is 11.5 Å². The Morgan fingerprint density at radius 3 is 2.81 bits per heavy atom. The smallest absolute Gasteiger partial charge is 0.162 e. The van der Waals surface area contributed by atoms with E-state index in [-0.39, 0.29) is 6.10 Å². The van der Waals surface area contributed by atoms with Crippen molar-refractivity contribution < 1.29 is 19.0 Å². The third kappa shape index (κ3) is 3.41.